The third-order valence-corrected chi connectivity index (χ3v) is 5.76. The van der Waals surface area contributed by atoms with Crippen LogP contribution in [0.3, 0.4) is 0 Å². The van der Waals surface area contributed by atoms with Crippen LogP contribution in [-0.4, -0.2) is 33.6 Å². The lowest BCUT2D eigenvalue weighted by Crippen LogP contribution is -2.36. The zero-order chi connectivity index (χ0) is 18.4. The molecule has 1 saturated heterocycles. The fourth-order valence-electron chi connectivity index (χ4n) is 3.65. The monoisotopic (exact) mass is 371 g/mol. The number of thiophene rings is 1. The van der Waals surface area contributed by atoms with E-state index in [1.807, 2.05) is 18.7 Å². The molecule has 1 fully saturated rings. The van der Waals surface area contributed by atoms with Gasteiger partial charge in [-0.05, 0) is 44.4 Å². The van der Waals surface area contributed by atoms with Gasteiger partial charge in [0.25, 0.3) is 0 Å². The first-order chi connectivity index (χ1) is 12.5. The molecule has 0 amide bonds. The molecule has 1 aliphatic heterocycles. The van der Waals surface area contributed by atoms with Crippen LogP contribution in [0.1, 0.15) is 23.5 Å². The molecular weight excluding hydrogens is 353 g/mol. The summed E-state index contributed by atoms with van der Waals surface area (Å²) < 4.78 is 13.4. The van der Waals surface area contributed by atoms with Crippen molar-refractivity contribution in [1.82, 2.24) is 9.97 Å². The van der Waals surface area contributed by atoms with Gasteiger partial charge in [0.2, 0.25) is 0 Å². The van der Waals surface area contributed by atoms with E-state index in [0.717, 1.165) is 32.6 Å². The number of fused-ring (bicyclic) bond motifs is 1. The van der Waals surface area contributed by atoms with E-state index in [4.69, 9.17) is 0 Å². The second kappa shape index (κ2) is 6.32. The van der Waals surface area contributed by atoms with E-state index in [-0.39, 0.29) is 5.82 Å². The fourth-order valence-corrected chi connectivity index (χ4v) is 4.73. The van der Waals surface area contributed by atoms with Gasteiger partial charge < -0.3 is 10.0 Å². The maximum atomic E-state index is 13.4. The molecular formula is C19H18FN3O2S. The van der Waals surface area contributed by atoms with Gasteiger partial charge in [0.05, 0.1) is 5.39 Å². The lowest BCUT2D eigenvalue weighted by Gasteiger charge is -2.24. The number of anilines is 1. The molecule has 1 unspecified atom stereocenters. The summed E-state index contributed by atoms with van der Waals surface area (Å²) in [6.45, 7) is 4.48. The summed E-state index contributed by atoms with van der Waals surface area (Å²) in [6.07, 6.45) is 1.42. The summed E-state index contributed by atoms with van der Waals surface area (Å²) in [4.78, 5) is 24.6. The smallest absolute Gasteiger partial charge is 0.326 e. The highest BCUT2D eigenvalue weighted by Gasteiger charge is 2.34. The lowest BCUT2D eigenvalue weighted by atomic mass is 10.0. The van der Waals surface area contributed by atoms with Gasteiger partial charge in [-0.3, -0.25) is 0 Å². The predicted molar refractivity (Wildman–Crippen MR) is 100 cm³/mol. The summed E-state index contributed by atoms with van der Waals surface area (Å²) in [6, 6.07) is 5.78. The Bertz CT molecular complexity index is 1000. The number of rotatable bonds is 3. The van der Waals surface area contributed by atoms with Crippen LogP contribution in [-0.2, 0) is 4.79 Å². The lowest BCUT2D eigenvalue weighted by molar-refractivity contribution is -0.138. The molecule has 0 spiro atoms. The standard InChI is InChI=1S/C19H18FN3O2S/c1-10-15(12-5-7-13(20)8-6-12)16-17(21-11(2)22-18(16)26-10)23-9-3-4-14(23)19(24)25/h5-8,14H,3-4,9H2,1-2H3,(H,24,25). The molecule has 0 aliphatic carbocycles. The Morgan fingerprint density at radius 1 is 1.27 bits per heavy atom. The molecule has 26 heavy (non-hydrogen) atoms. The number of benzene rings is 1. The first-order valence-corrected chi connectivity index (χ1v) is 9.30. The zero-order valence-corrected chi connectivity index (χ0v) is 15.3. The van der Waals surface area contributed by atoms with Crippen LogP contribution in [0.2, 0.25) is 0 Å². The van der Waals surface area contributed by atoms with Crippen LogP contribution in [0.5, 0.6) is 0 Å². The Morgan fingerprint density at radius 3 is 2.69 bits per heavy atom. The highest BCUT2D eigenvalue weighted by Crippen LogP contribution is 2.43. The average Bonchev–Trinajstić information content (AvgIpc) is 3.19. The SMILES string of the molecule is Cc1nc(N2CCCC2C(=O)O)c2c(-c3ccc(F)cc3)c(C)sc2n1. The van der Waals surface area contributed by atoms with E-state index < -0.39 is 12.0 Å². The minimum absolute atomic E-state index is 0.288. The number of carboxylic acids is 1. The minimum Gasteiger partial charge on any atom is -0.480 e. The number of halogens is 1. The molecule has 0 saturated carbocycles. The summed E-state index contributed by atoms with van der Waals surface area (Å²) in [5.41, 5.74) is 1.84. The molecule has 1 N–H and O–H groups in total. The van der Waals surface area contributed by atoms with E-state index in [1.54, 1.807) is 23.5 Å². The van der Waals surface area contributed by atoms with Crippen molar-refractivity contribution < 1.29 is 14.3 Å². The maximum Gasteiger partial charge on any atom is 0.326 e. The first kappa shape index (κ1) is 16.9. The Kier molecular flexibility index (Phi) is 4.11. The largest absolute Gasteiger partial charge is 0.480 e. The van der Waals surface area contributed by atoms with E-state index in [0.29, 0.717) is 24.6 Å². The highest BCUT2D eigenvalue weighted by atomic mass is 32.1. The molecule has 7 heteroatoms. The molecule has 4 rings (SSSR count). The molecule has 1 aromatic carbocycles. The molecule has 1 atom stereocenters. The van der Waals surface area contributed by atoms with Crippen molar-refractivity contribution in [2.75, 3.05) is 11.4 Å². The Balaban J connectivity index is 1.98. The van der Waals surface area contributed by atoms with Crippen LogP contribution < -0.4 is 4.90 Å². The number of hydrogen-bond acceptors (Lipinski definition) is 5. The molecule has 0 bridgehead atoms. The van der Waals surface area contributed by atoms with Crippen molar-refractivity contribution in [1.29, 1.82) is 0 Å². The van der Waals surface area contributed by atoms with Gasteiger partial charge in [0.15, 0.2) is 0 Å². The quantitative estimate of drug-likeness (QED) is 0.749. The van der Waals surface area contributed by atoms with Crippen LogP contribution in [0.15, 0.2) is 24.3 Å². The van der Waals surface area contributed by atoms with E-state index in [9.17, 15) is 14.3 Å². The summed E-state index contributed by atoms with van der Waals surface area (Å²) in [5, 5.41) is 10.4. The zero-order valence-electron chi connectivity index (χ0n) is 14.5. The predicted octanol–water partition coefficient (Wildman–Crippen LogP) is 4.17. The number of carbonyl (C=O) groups is 1. The van der Waals surface area contributed by atoms with E-state index in [1.165, 1.54) is 12.1 Å². The van der Waals surface area contributed by atoms with Crippen molar-refractivity contribution >= 4 is 33.3 Å². The minimum atomic E-state index is -0.831. The van der Waals surface area contributed by atoms with E-state index >= 15 is 0 Å². The van der Waals surface area contributed by atoms with Crippen LogP contribution in [0.4, 0.5) is 10.2 Å². The second-order valence-corrected chi connectivity index (χ2v) is 7.71. The van der Waals surface area contributed by atoms with Gasteiger partial charge in [-0.25, -0.2) is 19.2 Å². The number of carboxylic acid groups (broad SMARTS) is 1. The molecule has 0 radical (unpaired) electrons. The number of aryl methyl sites for hydroxylation is 2. The fraction of sp³-hybridized carbons (Fsp3) is 0.316. The maximum absolute atomic E-state index is 13.4. The van der Waals surface area contributed by atoms with Crippen LogP contribution in [0, 0.1) is 19.7 Å². The highest BCUT2D eigenvalue weighted by molar-refractivity contribution is 7.19. The Labute approximate surface area is 154 Å². The van der Waals surface area contributed by atoms with Gasteiger partial charge >= 0.3 is 5.97 Å². The van der Waals surface area contributed by atoms with E-state index in [2.05, 4.69) is 9.97 Å². The second-order valence-electron chi connectivity index (χ2n) is 6.50. The van der Waals surface area contributed by atoms with Crippen molar-refractivity contribution in [3.05, 3.63) is 40.8 Å². The molecule has 3 aromatic rings. The van der Waals surface area contributed by atoms with Gasteiger partial charge in [-0.2, -0.15) is 0 Å². The van der Waals surface area contributed by atoms with Gasteiger partial charge in [-0.1, -0.05) is 12.1 Å². The van der Waals surface area contributed by atoms with Crippen molar-refractivity contribution in [2.24, 2.45) is 0 Å². The third kappa shape index (κ3) is 2.72. The van der Waals surface area contributed by atoms with Crippen molar-refractivity contribution in [3.63, 3.8) is 0 Å². The number of hydrogen-bond donors (Lipinski definition) is 1. The van der Waals surface area contributed by atoms with Gasteiger partial charge in [0, 0.05) is 17.0 Å². The van der Waals surface area contributed by atoms with Crippen LogP contribution in [0.25, 0.3) is 21.3 Å². The number of aliphatic carboxylic acids is 1. The molecule has 134 valence electrons. The Hall–Kier alpha value is -2.54. The topological polar surface area (TPSA) is 66.3 Å². The normalized spacial score (nSPS) is 17.2. The first-order valence-electron chi connectivity index (χ1n) is 8.49. The molecule has 2 aromatic heterocycles. The third-order valence-electron chi connectivity index (χ3n) is 4.76. The van der Waals surface area contributed by atoms with Gasteiger partial charge in [-0.15, -0.1) is 11.3 Å². The summed E-state index contributed by atoms with van der Waals surface area (Å²) in [7, 11) is 0. The molecule has 1 aliphatic rings. The summed E-state index contributed by atoms with van der Waals surface area (Å²) in [5.74, 6) is 0.169. The van der Waals surface area contributed by atoms with Crippen molar-refractivity contribution in [2.45, 2.75) is 32.7 Å². The average molecular weight is 371 g/mol. The Morgan fingerprint density at radius 2 is 2.00 bits per heavy atom. The number of nitrogens with zero attached hydrogens (tertiary/aromatic N) is 3. The summed E-state index contributed by atoms with van der Waals surface area (Å²) >= 11 is 1.56. The molecule has 5 nitrogen and oxygen atoms in total. The molecule has 3 heterocycles. The number of aromatic nitrogens is 2. The van der Waals surface area contributed by atoms with Crippen molar-refractivity contribution in [3.8, 4) is 11.1 Å². The van der Waals surface area contributed by atoms with Crippen LogP contribution >= 0.6 is 11.3 Å². The van der Waals surface area contributed by atoms with Gasteiger partial charge in [0.1, 0.15) is 28.3 Å².